The number of allylic oxidation sites excluding steroid dienone is 1. The predicted octanol–water partition coefficient (Wildman–Crippen LogP) is 0.364. The Bertz CT molecular complexity index is 280. The van der Waals surface area contributed by atoms with Crippen molar-refractivity contribution in [1.29, 1.82) is 0 Å². The molecule has 1 saturated heterocycles. The molecule has 0 aromatic heterocycles. The molecule has 3 heteroatoms. The third-order valence-electron chi connectivity index (χ3n) is 2.58. The molecular formula is C9H11NO2. The van der Waals surface area contributed by atoms with E-state index in [1.807, 2.05) is 0 Å². The summed E-state index contributed by atoms with van der Waals surface area (Å²) in [7, 11) is 0. The summed E-state index contributed by atoms with van der Waals surface area (Å²) < 4.78 is 0. The molecule has 12 heavy (non-hydrogen) atoms. The fraction of sp³-hybridized carbons (Fsp3) is 0.556. The SMILES string of the molecule is CC(=O)N1CC2=CC(=O)C[C@H]2C1. The Morgan fingerprint density at radius 2 is 2.42 bits per heavy atom. The predicted molar refractivity (Wildman–Crippen MR) is 43.5 cm³/mol. The molecule has 1 heterocycles. The number of amides is 1. The summed E-state index contributed by atoms with van der Waals surface area (Å²) in [6.07, 6.45) is 2.31. The van der Waals surface area contributed by atoms with Crippen molar-refractivity contribution in [1.82, 2.24) is 4.90 Å². The van der Waals surface area contributed by atoms with E-state index in [1.165, 1.54) is 0 Å². The lowest BCUT2D eigenvalue weighted by Crippen LogP contribution is -2.26. The van der Waals surface area contributed by atoms with Crippen LogP contribution in [-0.4, -0.2) is 29.7 Å². The summed E-state index contributed by atoms with van der Waals surface area (Å²) in [5, 5.41) is 0. The molecule has 0 spiro atoms. The van der Waals surface area contributed by atoms with Crippen molar-refractivity contribution < 1.29 is 9.59 Å². The van der Waals surface area contributed by atoms with Gasteiger partial charge in [-0.05, 0) is 11.6 Å². The van der Waals surface area contributed by atoms with Crippen molar-refractivity contribution in [2.75, 3.05) is 13.1 Å². The zero-order valence-electron chi connectivity index (χ0n) is 7.04. The first kappa shape index (κ1) is 7.53. The number of rotatable bonds is 0. The molecule has 1 aliphatic carbocycles. The van der Waals surface area contributed by atoms with Crippen molar-refractivity contribution in [2.24, 2.45) is 5.92 Å². The topological polar surface area (TPSA) is 37.4 Å². The number of fused-ring (bicyclic) bond motifs is 1. The average molecular weight is 165 g/mol. The van der Waals surface area contributed by atoms with Gasteiger partial charge in [0.25, 0.3) is 0 Å². The van der Waals surface area contributed by atoms with Gasteiger partial charge in [-0.15, -0.1) is 0 Å². The van der Waals surface area contributed by atoms with Crippen LogP contribution in [0.5, 0.6) is 0 Å². The first-order valence-corrected chi connectivity index (χ1v) is 4.15. The van der Waals surface area contributed by atoms with E-state index in [9.17, 15) is 9.59 Å². The monoisotopic (exact) mass is 165 g/mol. The highest BCUT2D eigenvalue weighted by Gasteiger charge is 2.34. The van der Waals surface area contributed by atoms with Crippen LogP contribution in [0.3, 0.4) is 0 Å². The van der Waals surface area contributed by atoms with E-state index in [0.717, 1.165) is 12.1 Å². The molecule has 0 radical (unpaired) electrons. The molecule has 2 rings (SSSR count). The van der Waals surface area contributed by atoms with Gasteiger partial charge < -0.3 is 4.90 Å². The van der Waals surface area contributed by atoms with Crippen molar-refractivity contribution in [3.05, 3.63) is 11.6 Å². The minimum atomic E-state index is 0.109. The van der Waals surface area contributed by atoms with Gasteiger partial charge in [-0.25, -0.2) is 0 Å². The number of carbonyl (C=O) groups excluding carboxylic acids is 2. The Balaban J connectivity index is 2.14. The number of ketones is 1. The van der Waals surface area contributed by atoms with Crippen LogP contribution in [0.15, 0.2) is 11.6 Å². The van der Waals surface area contributed by atoms with Gasteiger partial charge in [0.1, 0.15) is 0 Å². The van der Waals surface area contributed by atoms with Gasteiger partial charge in [0.15, 0.2) is 5.78 Å². The fourth-order valence-electron chi connectivity index (χ4n) is 1.90. The standard InChI is InChI=1S/C9H11NO2/c1-6(11)10-4-7-2-9(12)3-8(7)5-10/h2,8H,3-5H2,1H3/t8-/m0/s1. The highest BCUT2D eigenvalue weighted by Crippen LogP contribution is 2.30. The summed E-state index contributed by atoms with van der Waals surface area (Å²) in [5.41, 5.74) is 1.15. The first-order chi connectivity index (χ1) is 5.66. The van der Waals surface area contributed by atoms with E-state index in [0.29, 0.717) is 18.9 Å². The lowest BCUT2D eigenvalue weighted by Gasteiger charge is -2.12. The largest absolute Gasteiger partial charge is 0.338 e. The van der Waals surface area contributed by atoms with Crippen molar-refractivity contribution in [3.63, 3.8) is 0 Å². The molecule has 1 atom stereocenters. The van der Waals surface area contributed by atoms with Gasteiger partial charge in [0.05, 0.1) is 0 Å². The van der Waals surface area contributed by atoms with Crippen LogP contribution in [-0.2, 0) is 9.59 Å². The maximum absolute atomic E-state index is 11.0. The highest BCUT2D eigenvalue weighted by molar-refractivity contribution is 5.94. The molecule has 0 aromatic carbocycles. The number of carbonyl (C=O) groups is 2. The maximum atomic E-state index is 11.0. The Morgan fingerprint density at radius 3 is 3.00 bits per heavy atom. The average Bonchev–Trinajstić information content (AvgIpc) is 2.42. The lowest BCUT2D eigenvalue weighted by atomic mass is 10.1. The molecule has 0 bridgehead atoms. The Hall–Kier alpha value is -1.12. The lowest BCUT2D eigenvalue weighted by molar-refractivity contribution is -0.128. The fourth-order valence-corrected chi connectivity index (χ4v) is 1.90. The van der Waals surface area contributed by atoms with E-state index >= 15 is 0 Å². The van der Waals surface area contributed by atoms with Crippen LogP contribution in [0.1, 0.15) is 13.3 Å². The van der Waals surface area contributed by atoms with Gasteiger partial charge in [0, 0.05) is 32.4 Å². The van der Waals surface area contributed by atoms with Crippen molar-refractivity contribution in [3.8, 4) is 0 Å². The summed E-state index contributed by atoms with van der Waals surface area (Å²) >= 11 is 0. The van der Waals surface area contributed by atoms with Crippen LogP contribution < -0.4 is 0 Å². The summed E-state index contributed by atoms with van der Waals surface area (Å²) in [4.78, 5) is 23.7. The quantitative estimate of drug-likeness (QED) is 0.520. The number of nitrogens with zero attached hydrogens (tertiary/aromatic N) is 1. The van der Waals surface area contributed by atoms with E-state index in [-0.39, 0.29) is 11.7 Å². The molecule has 2 aliphatic rings. The van der Waals surface area contributed by atoms with Gasteiger partial charge >= 0.3 is 0 Å². The number of likely N-dealkylation sites (tertiary alicyclic amines) is 1. The molecule has 0 aromatic rings. The molecule has 0 saturated carbocycles. The Morgan fingerprint density at radius 1 is 1.67 bits per heavy atom. The van der Waals surface area contributed by atoms with Crippen LogP contribution in [0.4, 0.5) is 0 Å². The number of hydrogen-bond acceptors (Lipinski definition) is 2. The second-order valence-electron chi connectivity index (χ2n) is 3.49. The van der Waals surface area contributed by atoms with Gasteiger partial charge in [-0.1, -0.05) is 0 Å². The zero-order valence-corrected chi connectivity index (χ0v) is 7.04. The van der Waals surface area contributed by atoms with Crippen LogP contribution >= 0.6 is 0 Å². The minimum absolute atomic E-state index is 0.109. The second-order valence-corrected chi connectivity index (χ2v) is 3.49. The summed E-state index contributed by atoms with van der Waals surface area (Å²) in [5.74, 6) is 0.664. The minimum Gasteiger partial charge on any atom is -0.338 e. The van der Waals surface area contributed by atoms with Gasteiger partial charge in [0.2, 0.25) is 5.91 Å². The zero-order chi connectivity index (χ0) is 8.72. The van der Waals surface area contributed by atoms with E-state index in [2.05, 4.69) is 0 Å². The molecule has 3 nitrogen and oxygen atoms in total. The number of hydrogen-bond donors (Lipinski definition) is 0. The molecule has 0 N–H and O–H groups in total. The third kappa shape index (κ3) is 1.05. The van der Waals surface area contributed by atoms with Gasteiger partial charge in [-0.3, -0.25) is 9.59 Å². The summed E-state index contributed by atoms with van der Waals surface area (Å²) in [6, 6.07) is 0. The van der Waals surface area contributed by atoms with Crippen LogP contribution in [0.2, 0.25) is 0 Å². The van der Waals surface area contributed by atoms with Crippen molar-refractivity contribution in [2.45, 2.75) is 13.3 Å². The molecule has 1 amide bonds. The normalized spacial score (nSPS) is 27.4. The van der Waals surface area contributed by atoms with E-state index in [1.54, 1.807) is 17.9 Å². The summed E-state index contributed by atoms with van der Waals surface area (Å²) in [6.45, 7) is 2.99. The molecule has 1 fully saturated rings. The Kier molecular flexibility index (Phi) is 1.53. The van der Waals surface area contributed by atoms with Crippen molar-refractivity contribution >= 4 is 11.7 Å². The molecular weight excluding hydrogens is 154 g/mol. The van der Waals surface area contributed by atoms with Crippen LogP contribution in [0, 0.1) is 5.92 Å². The van der Waals surface area contributed by atoms with E-state index in [4.69, 9.17) is 0 Å². The smallest absolute Gasteiger partial charge is 0.219 e. The Labute approximate surface area is 71.0 Å². The maximum Gasteiger partial charge on any atom is 0.219 e. The first-order valence-electron chi connectivity index (χ1n) is 4.15. The van der Waals surface area contributed by atoms with Crippen LogP contribution in [0.25, 0.3) is 0 Å². The molecule has 1 aliphatic heterocycles. The molecule has 0 unspecified atom stereocenters. The van der Waals surface area contributed by atoms with Gasteiger partial charge in [-0.2, -0.15) is 0 Å². The highest BCUT2D eigenvalue weighted by atomic mass is 16.2. The molecule has 64 valence electrons. The van der Waals surface area contributed by atoms with E-state index < -0.39 is 0 Å². The second kappa shape index (κ2) is 2.44. The third-order valence-corrected chi connectivity index (χ3v) is 2.58.